The van der Waals surface area contributed by atoms with Crippen molar-refractivity contribution in [2.24, 2.45) is 11.8 Å². The van der Waals surface area contributed by atoms with Gasteiger partial charge in [-0.15, -0.1) is 0 Å². The van der Waals surface area contributed by atoms with Crippen molar-refractivity contribution in [3.8, 4) is 0 Å². The number of aliphatic hydroxyl groups excluding tert-OH is 1. The molecule has 3 rings (SSSR count). The maximum absolute atomic E-state index is 12.8. The van der Waals surface area contributed by atoms with Gasteiger partial charge in [-0.25, -0.2) is 0 Å². The Morgan fingerprint density at radius 1 is 1.20 bits per heavy atom. The number of benzene rings is 1. The summed E-state index contributed by atoms with van der Waals surface area (Å²) in [5.74, 6) is 1.07. The van der Waals surface area contributed by atoms with Crippen LogP contribution in [0.2, 0.25) is 0 Å². The van der Waals surface area contributed by atoms with Gasteiger partial charge in [-0.1, -0.05) is 30.3 Å². The van der Waals surface area contributed by atoms with Gasteiger partial charge in [0.05, 0.1) is 12.0 Å². The van der Waals surface area contributed by atoms with Crippen molar-refractivity contribution >= 4 is 5.91 Å². The molecule has 2 aliphatic rings. The second-order valence-electron chi connectivity index (χ2n) is 6.30. The lowest BCUT2D eigenvalue weighted by Gasteiger charge is -2.24. The van der Waals surface area contributed by atoms with E-state index in [1.807, 2.05) is 30.0 Å². The van der Waals surface area contributed by atoms with E-state index in [0.29, 0.717) is 12.5 Å². The molecule has 1 saturated carbocycles. The van der Waals surface area contributed by atoms with Crippen LogP contribution >= 0.6 is 0 Å². The van der Waals surface area contributed by atoms with E-state index in [9.17, 15) is 9.90 Å². The van der Waals surface area contributed by atoms with Gasteiger partial charge in [0.1, 0.15) is 0 Å². The predicted molar refractivity (Wildman–Crippen MR) is 78.3 cm³/mol. The monoisotopic (exact) mass is 273 g/mol. The molecule has 1 saturated heterocycles. The smallest absolute Gasteiger partial charge is 0.230 e. The number of hydrogen-bond acceptors (Lipinski definition) is 2. The predicted octanol–water partition coefficient (Wildman–Crippen LogP) is 2.41. The molecule has 1 aromatic carbocycles. The molecule has 3 heteroatoms. The van der Waals surface area contributed by atoms with Crippen LogP contribution in [0.1, 0.15) is 37.7 Å². The Morgan fingerprint density at radius 2 is 1.90 bits per heavy atom. The summed E-state index contributed by atoms with van der Waals surface area (Å²) in [7, 11) is 0. The van der Waals surface area contributed by atoms with Gasteiger partial charge in [-0.3, -0.25) is 4.79 Å². The summed E-state index contributed by atoms with van der Waals surface area (Å²) >= 11 is 0. The number of aliphatic hydroxyl groups is 1. The molecule has 1 amide bonds. The maximum atomic E-state index is 12.8. The van der Waals surface area contributed by atoms with Gasteiger partial charge in [0.15, 0.2) is 0 Å². The number of likely N-dealkylation sites (tertiary alicyclic amines) is 1. The highest BCUT2D eigenvalue weighted by molar-refractivity contribution is 5.84. The van der Waals surface area contributed by atoms with Crippen LogP contribution in [0, 0.1) is 11.8 Å². The summed E-state index contributed by atoms with van der Waals surface area (Å²) in [5, 5.41) is 9.69. The second kappa shape index (κ2) is 5.57. The van der Waals surface area contributed by atoms with E-state index in [1.54, 1.807) is 0 Å². The van der Waals surface area contributed by atoms with Crippen LogP contribution < -0.4 is 0 Å². The lowest BCUT2D eigenvalue weighted by Crippen LogP contribution is -2.35. The van der Waals surface area contributed by atoms with Crippen LogP contribution in [-0.2, 0) is 4.79 Å². The summed E-state index contributed by atoms with van der Waals surface area (Å²) in [4.78, 5) is 14.8. The largest absolute Gasteiger partial charge is 0.393 e. The van der Waals surface area contributed by atoms with E-state index in [0.717, 1.165) is 18.5 Å². The number of hydrogen-bond donors (Lipinski definition) is 1. The number of rotatable bonds is 4. The van der Waals surface area contributed by atoms with E-state index >= 15 is 0 Å². The Bertz CT molecular complexity index is 467. The van der Waals surface area contributed by atoms with Gasteiger partial charge in [0.25, 0.3) is 0 Å². The van der Waals surface area contributed by atoms with E-state index < -0.39 is 0 Å². The van der Waals surface area contributed by atoms with Crippen LogP contribution in [0.15, 0.2) is 30.3 Å². The van der Waals surface area contributed by atoms with Gasteiger partial charge < -0.3 is 10.0 Å². The van der Waals surface area contributed by atoms with Gasteiger partial charge >= 0.3 is 0 Å². The van der Waals surface area contributed by atoms with Crippen molar-refractivity contribution in [2.75, 3.05) is 13.1 Å². The first-order valence-corrected chi connectivity index (χ1v) is 7.68. The van der Waals surface area contributed by atoms with Crippen LogP contribution in [-0.4, -0.2) is 35.1 Å². The van der Waals surface area contributed by atoms with E-state index in [4.69, 9.17) is 0 Å². The molecule has 1 aliphatic carbocycles. The minimum Gasteiger partial charge on any atom is -0.393 e. The van der Waals surface area contributed by atoms with Crippen LogP contribution in [0.3, 0.4) is 0 Å². The Balaban J connectivity index is 1.74. The number of carbonyl (C=O) groups is 1. The summed E-state index contributed by atoms with van der Waals surface area (Å²) in [5.41, 5.74) is 1.15. The second-order valence-corrected chi connectivity index (χ2v) is 6.30. The van der Waals surface area contributed by atoms with Crippen LogP contribution in [0.5, 0.6) is 0 Å². The van der Waals surface area contributed by atoms with Crippen molar-refractivity contribution < 1.29 is 9.90 Å². The van der Waals surface area contributed by atoms with Crippen molar-refractivity contribution in [3.05, 3.63) is 35.9 Å². The minimum atomic E-state index is -0.316. The third-order valence-corrected chi connectivity index (χ3v) is 4.74. The van der Waals surface area contributed by atoms with E-state index in [-0.39, 0.29) is 23.8 Å². The van der Waals surface area contributed by atoms with Crippen LogP contribution in [0.4, 0.5) is 0 Å². The summed E-state index contributed by atoms with van der Waals surface area (Å²) < 4.78 is 0. The fourth-order valence-electron chi connectivity index (χ4n) is 3.28. The molecule has 0 bridgehead atoms. The third-order valence-electron chi connectivity index (χ3n) is 4.74. The first kappa shape index (κ1) is 13.6. The fraction of sp³-hybridized carbons (Fsp3) is 0.588. The Labute approximate surface area is 120 Å². The van der Waals surface area contributed by atoms with Gasteiger partial charge in [-0.2, -0.15) is 0 Å². The quantitative estimate of drug-likeness (QED) is 0.915. The SMILES string of the molecule is CC(O)C1CCN(C(=O)C(c2ccccc2)C2CC2)C1. The molecule has 2 fully saturated rings. The van der Waals surface area contributed by atoms with E-state index in [1.165, 1.54) is 12.8 Å². The first-order chi connectivity index (χ1) is 9.66. The molecule has 0 spiro atoms. The van der Waals surface area contributed by atoms with Crippen LogP contribution in [0.25, 0.3) is 0 Å². The van der Waals surface area contributed by atoms with Gasteiger partial charge in [0, 0.05) is 19.0 Å². The Hall–Kier alpha value is -1.35. The molecular weight excluding hydrogens is 250 g/mol. The molecule has 3 nitrogen and oxygen atoms in total. The van der Waals surface area contributed by atoms with Crippen molar-refractivity contribution in [2.45, 2.75) is 38.2 Å². The highest BCUT2D eigenvalue weighted by Crippen LogP contribution is 2.44. The average Bonchev–Trinajstić information content (AvgIpc) is 3.15. The highest BCUT2D eigenvalue weighted by atomic mass is 16.3. The average molecular weight is 273 g/mol. The Morgan fingerprint density at radius 3 is 2.45 bits per heavy atom. The van der Waals surface area contributed by atoms with Crippen molar-refractivity contribution in [3.63, 3.8) is 0 Å². The molecule has 0 aromatic heterocycles. The highest BCUT2D eigenvalue weighted by Gasteiger charge is 2.41. The fourth-order valence-corrected chi connectivity index (χ4v) is 3.28. The molecule has 1 heterocycles. The van der Waals surface area contributed by atoms with Crippen molar-refractivity contribution in [1.82, 2.24) is 4.90 Å². The number of carbonyl (C=O) groups excluding carboxylic acids is 1. The molecule has 1 N–H and O–H groups in total. The summed E-state index contributed by atoms with van der Waals surface area (Å²) in [6.45, 7) is 3.34. The zero-order chi connectivity index (χ0) is 14.1. The van der Waals surface area contributed by atoms with Crippen molar-refractivity contribution in [1.29, 1.82) is 0 Å². The standard InChI is InChI=1S/C17H23NO2/c1-12(19)15-9-10-18(11-15)17(20)16(14-7-8-14)13-5-3-2-4-6-13/h2-6,12,14-16,19H,7-11H2,1H3. The lowest BCUT2D eigenvalue weighted by molar-refractivity contribution is -0.132. The van der Waals surface area contributed by atoms with E-state index in [2.05, 4.69) is 12.1 Å². The lowest BCUT2D eigenvalue weighted by atomic mass is 9.93. The molecule has 0 radical (unpaired) electrons. The summed E-state index contributed by atoms with van der Waals surface area (Å²) in [6.07, 6.45) is 2.94. The molecular formula is C17H23NO2. The first-order valence-electron chi connectivity index (χ1n) is 7.68. The molecule has 108 valence electrons. The molecule has 1 aliphatic heterocycles. The zero-order valence-corrected chi connectivity index (χ0v) is 12.0. The molecule has 1 aromatic rings. The Kier molecular flexibility index (Phi) is 3.79. The minimum absolute atomic E-state index is 0.0314. The molecule has 3 unspecified atom stereocenters. The molecule has 20 heavy (non-hydrogen) atoms. The number of nitrogens with zero attached hydrogens (tertiary/aromatic N) is 1. The third kappa shape index (κ3) is 2.73. The maximum Gasteiger partial charge on any atom is 0.230 e. The zero-order valence-electron chi connectivity index (χ0n) is 12.0. The molecule has 3 atom stereocenters. The normalized spacial score (nSPS) is 25.5. The number of amides is 1. The topological polar surface area (TPSA) is 40.5 Å². The van der Waals surface area contributed by atoms with Gasteiger partial charge in [-0.05, 0) is 37.7 Å². The summed E-state index contributed by atoms with van der Waals surface area (Å²) in [6, 6.07) is 10.2. The van der Waals surface area contributed by atoms with Gasteiger partial charge in [0.2, 0.25) is 5.91 Å².